The lowest BCUT2D eigenvalue weighted by Crippen LogP contribution is -1.84. The van der Waals surface area contributed by atoms with Gasteiger partial charge in [-0.05, 0) is 12.1 Å². The molecule has 0 radical (unpaired) electrons. The zero-order valence-electron chi connectivity index (χ0n) is 6.50. The Morgan fingerprint density at radius 3 is 2.75 bits per heavy atom. The largest absolute Gasteiger partial charge is 0.261 e. The predicted molar refractivity (Wildman–Crippen MR) is 47.5 cm³/mol. The fraction of sp³-hybridized carbons (Fsp3) is 0.100. The van der Waals surface area contributed by atoms with Crippen molar-refractivity contribution < 1.29 is 4.39 Å². The molecule has 1 heterocycles. The van der Waals surface area contributed by atoms with Gasteiger partial charge in [-0.2, -0.15) is 0 Å². The fourth-order valence-electron chi connectivity index (χ4n) is 1.22. The third-order valence-corrected chi connectivity index (χ3v) is 1.80. The van der Waals surface area contributed by atoms with Gasteiger partial charge in [0.15, 0.2) is 0 Å². The molecule has 1 aliphatic rings. The first-order valence-corrected chi connectivity index (χ1v) is 3.85. The summed E-state index contributed by atoms with van der Waals surface area (Å²) in [6.45, 7) is 0. The van der Waals surface area contributed by atoms with E-state index in [1.165, 1.54) is 6.07 Å². The Morgan fingerprint density at radius 1 is 1.25 bits per heavy atom. The molecule has 0 fully saturated rings. The summed E-state index contributed by atoms with van der Waals surface area (Å²) >= 11 is 0. The van der Waals surface area contributed by atoms with Gasteiger partial charge in [-0.1, -0.05) is 18.2 Å². The van der Waals surface area contributed by atoms with E-state index in [1.807, 2.05) is 12.1 Å². The van der Waals surface area contributed by atoms with E-state index in [0.717, 1.165) is 12.1 Å². The second-order valence-electron chi connectivity index (χ2n) is 2.62. The van der Waals surface area contributed by atoms with Crippen LogP contribution in [0.4, 0.5) is 4.39 Å². The molecule has 0 unspecified atom stereocenters. The highest BCUT2D eigenvalue weighted by atomic mass is 19.1. The Labute approximate surface area is 70.3 Å². The van der Waals surface area contributed by atoms with Crippen molar-refractivity contribution in [3.05, 3.63) is 41.7 Å². The fourth-order valence-corrected chi connectivity index (χ4v) is 1.22. The highest BCUT2D eigenvalue weighted by molar-refractivity contribution is 5.81. The maximum absolute atomic E-state index is 13.1. The molecule has 1 aliphatic heterocycles. The van der Waals surface area contributed by atoms with Gasteiger partial charge in [-0.15, -0.1) is 0 Å². The number of rotatable bonds is 1. The summed E-state index contributed by atoms with van der Waals surface area (Å²) in [6.07, 6.45) is 4.50. The monoisotopic (exact) mass is 161 g/mol. The van der Waals surface area contributed by atoms with Gasteiger partial charge in [0.1, 0.15) is 5.82 Å². The summed E-state index contributed by atoms with van der Waals surface area (Å²) in [4.78, 5) is 4.06. The first kappa shape index (κ1) is 7.22. The lowest BCUT2D eigenvalue weighted by molar-refractivity contribution is 0.624. The zero-order chi connectivity index (χ0) is 8.39. The molecule has 60 valence electrons. The van der Waals surface area contributed by atoms with Crippen molar-refractivity contribution >= 4 is 11.9 Å². The third-order valence-electron chi connectivity index (χ3n) is 1.80. The quantitative estimate of drug-likeness (QED) is 0.600. The molecule has 2 heteroatoms. The molecular weight excluding hydrogens is 153 g/mol. The van der Waals surface area contributed by atoms with Crippen LogP contribution in [-0.4, -0.2) is 6.21 Å². The number of benzene rings is 1. The number of hydrogen-bond donors (Lipinski definition) is 0. The Morgan fingerprint density at radius 2 is 2.08 bits per heavy atom. The number of allylic oxidation sites excluding steroid dienone is 1. The van der Waals surface area contributed by atoms with Crippen LogP contribution in [0.1, 0.15) is 12.0 Å². The summed E-state index contributed by atoms with van der Waals surface area (Å²) in [5.41, 5.74) is 1.33. The van der Waals surface area contributed by atoms with Gasteiger partial charge >= 0.3 is 0 Å². The SMILES string of the molecule is Fc1ccccc1C1=CCC=N1. The smallest absolute Gasteiger partial charge is 0.132 e. The van der Waals surface area contributed by atoms with Gasteiger partial charge in [0.25, 0.3) is 0 Å². The topological polar surface area (TPSA) is 12.4 Å². The molecule has 0 atom stereocenters. The van der Waals surface area contributed by atoms with Crippen LogP contribution in [0.15, 0.2) is 35.3 Å². The van der Waals surface area contributed by atoms with Gasteiger partial charge in [0.2, 0.25) is 0 Å². The van der Waals surface area contributed by atoms with Crippen LogP contribution >= 0.6 is 0 Å². The first-order chi connectivity index (χ1) is 5.88. The van der Waals surface area contributed by atoms with Gasteiger partial charge in [-0.3, -0.25) is 4.99 Å². The van der Waals surface area contributed by atoms with Crippen LogP contribution < -0.4 is 0 Å². The van der Waals surface area contributed by atoms with Crippen molar-refractivity contribution in [2.45, 2.75) is 6.42 Å². The van der Waals surface area contributed by atoms with Gasteiger partial charge in [0.05, 0.1) is 5.70 Å². The van der Waals surface area contributed by atoms with Crippen molar-refractivity contribution in [2.24, 2.45) is 4.99 Å². The highest BCUT2D eigenvalue weighted by Crippen LogP contribution is 2.21. The van der Waals surface area contributed by atoms with Crippen molar-refractivity contribution in [3.8, 4) is 0 Å². The lowest BCUT2D eigenvalue weighted by atomic mass is 10.1. The minimum Gasteiger partial charge on any atom is -0.261 e. The van der Waals surface area contributed by atoms with Crippen LogP contribution in [-0.2, 0) is 0 Å². The zero-order valence-corrected chi connectivity index (χ0v) is 6.50. The van der Waals surface area contributed by atoms with Crippen molar-refractivity contribution in [1.82, 2.24) is 0 Å². The second-order valence-corrected chi connectivity index (χ2v) is 2.62. The molecule has 12 heavy (non-hydrogen) atoms. The maximum Gasteiger partial charge on any atom is 0.132 e. The maximum atomic E-state index is 13.1. The summed E-state index contributed by atoms with van der Waals surface area (Å²) in [6, 6.07) is 6.68. The normalized spacial score (nSPS) is 14.9. The van der Waals surface area contributed by atoms with E-state index >= 15 is 0 Å². The van der Waals surface area contributed by atoms with Crippen LogP contribution in [0.5, 0.6) is 0 Å². The molecule has 0 spiro atoms. The summed E-state index contributed by atoms with van der Waals surface area (Å²) in [5, 5.41) is 0. The minimum atomic E-state index is -0.206. The predicted octanol–water partition coefficient (Wildman–Crippen LogP) is 2.64. The molecule has 1 nitrogen and oxygen atoms in total. The molecule has 0 saturated carbocycles. The Bertz CT molecular complexity index is 353. The van der Waals surface area contributed by atoms with E-state index in [4.69, 9.17) is 0 Å². The number of hydrogen-bond acceptors (Lipinski definition) is 1. The van der Waals surface area contributed by atoms with E-state index in [9.17, 15) is 4.39 Å². The molecule has 0 saturated heterocycles. The molecule has 0 aromatic heterocycles. The second kappa shape index (κ2) is 2.89. The van der Waals surface area contributed by atoms with Crippen LogP contribution in [0.3, 0.4) is 0 Å². The molecule has 1 aromatic carbocycles. The van der Waals surface area contributed by atoms with Crippen molar-refractivity contribution in [2.75, 3.05) is 0 Å². The summed E-state index contributed by atoms with van der Waals surface area (Å²) in [7, 11) is 0. The number of halogens is 1. The Kier molecular flexibility index (Phi) is 1.74. The molecule has 0 amide bonds. The molecule has 1 aromatic rings. The number of aliphatic imine (C=N–C) groups is 1. The Balaban J connectivity index is 2.46. The van der Waals surface area contributed by atoms with E-state index in [2.05, 4.69) is 4.99 Å². The molecule has 0 bridgehead atoms. The summed E-state index contributed by atoms with van der Waals surface area (Å²) < 4.78 is 13.1. The molecule has 0 N–H and O–H groups in total. The van der Waals surface area contributed by atoms with E-state index in [-0.39, 0.29) is 5.82 Å². The van der Waals surface area contributed by atoms with Crippen LogP contribution in [0.2, 0.25) is 0 Å². The minimum absolute atomic E-state index is 0.206. The average Bonchev–Trinajstić information content (AvgIpc) is 2.57. The molecule has 2 rings (SSSR count). The standard InChI is InChI=1S/C10H8FN/c11-9-5-2-1-4-8(9)10-6-3-7-12-10/h1-2,4-7H,3H2. The van der Waals surface area contributed by atoms with Gasteiger partial charge in [-0.25, -0.2) is 4.39 Å². The van der Waals surface area contributed by atoms with Gasteiger partial charge in [0, 0.05) is 18.2 Å². The van der Waals surface area contributed by atoms with Gasteiger partial charge < -0.3 is 0 Å². The first-order valence-electron chi connectivity index (χ1n) is 3.85. The number of nitrogens with zero attached hydrogens (tertiary/aromatic N) is 1. The van der Waals surface area contributed by atoms with E-state index in [0.29, 0.717) is 5.56 Å². The summed E-state index contributed by atoms with van der Waals surface area (Å²) in [5.74, 6) is -0.206. The third kappa shape index (κ3) is 1.16. The van der Waals surface area contributed by atoms with Crippen molar-refractivity contribution in [1.29, 1.82) is 0 Å². The molecular formula is C10H8FN. The Hall–Kier alpha value is -1.44. The van der Waals surface area contributed by atoms with Crippen molar-refractivity contribution in [3.63, 3.8) is 0 Å². The van der Waals surface area contributed by atoms with Crippen LogP contribution in [0, 0.1) is 5.82 Å². The lowest BCUT2D eigenvalue weighted by Gasteiger charge is -1.99. The van der Waals surface area contributed by atoms with E-state index in [1.54, 1.807) is 18.3 Å². The highest BCUT2D eigenvalue weighted by Gasteiger charge is 2.06. The average molecular weight is 161 g/mol. The van der Waals surface area contributed by atoms with E-state index < -0.39 is 0 Å². The van der Waals surface area contributed by atoms with Crippen LogP contribution in [0.25, 0.3) is 5.70 Å². The molecule has 0 aliphatic carbocycles.